The van der Waals surface area contributed by atoms with Crippen molar-refractivity contribution in [1.29, 1.82) is 0 Å². The van der Waals surface area contributed by atoms with Crippen molar-refractivity contribution in [3.8, 4) is 0 Å². The third kappa shape index (κ3) is 6.06. The third-order valence-electron chi connectivity index (χ3n) is 8.80. The van der Waals surface area contributed by atoms with E-state index in [0.717, 1.165) is 19.3 Å². The molecule has 3 nitrogen and oxygen atoms in total. The van der Waals surface area contributed by atoms with E-state index in [4.69, 9.17) is 9.16 Å². The van der Waals surface area contributed by atoms with Crippen LogP contribution in [0.4, 0.5) is 0 Å². The SMILES string of the molecule is CCCCCC[C@@]1([Si](C)(C)C)C(=O)O[C@H]1C[C@H](O[Si](C)(C)C(C)(C)C)C1CCCCC1. The van der Waals surface area contributed by atoms with Gasteiger partial charge in [0.25, 0.3) is 0 Å². The number of unbranched alkanes of at least 4 members (excludes halogenated alkanes) is 3. The van der Waals surface area contributed by atoms with E-state index in [2.05, 4.69) is 60.4 Å². The van der Waals surface area contributed by atoms with Gasteiger partial charge in [0.15, 0.2) is 8.32 Å². The summed E-state index contributed by atoms with van der Waals surface area (Å²) in [4.78, 5) is 13.1. The zero-order valence-electron chi connectivity index (χ0n) is 22.2. The van der Waals surface area contributed by atoms with Gasteiger partial charge in [0.1, 0.15) is 6.10 Å². The molecule has 182 valence electrons. The highest BCUT2D eigenvalue weighted by Crippen LogP contribution is 2.57. The zero-order valence-corrected chi connectivity index (χ0v) is 24.2. The van der Waals surface area contributed by atoms with Crippen LogP contribution in [0.5, 0.6) is 0 Å². The van der Waals surface area contributed by atoms with Gasteiger partial charge in [-0.2, -0.15) is 0 Å². The second-order valence-electron chi connectivity index (χ2n) is 13.0. The van der Waals surface area contributed by atoms with Gasteiger partial charge in [0, 0.05) is 6.42 Å². The highest BCUT2D eigenvalue weighted by molar-refractivity contribution is 6.83. The number of carbonyl (C=O) groups excluding carboxylic acids is 1. The predicted molar refractivity (Wildman–Crippen MR) is 138 cm³/mol. The summed E-state index contributed by atoms with van der Waals surface area (Å²) in [6.45, 7) is 21.2. The molecular formula is C26H52O3Si2. The van der Waals surface area contributed by atoms with Crippen molar-refractivity contribution in [2.24, 2.45) is 5.92 Å². The highest BCUT2D eigenvalue weighted by atomic mass is 28.4. The average Bonchev–Trinajstić information content (AvgIpc) is 2.65. The van der Waals surface area contributed by atoms with E-state index in [1.54, 1.807) is 0 Å². The molecule has 0 aromatic rings. The van der Waals surface area contributed by atoms with Gasteiger partial charge in [-0.1, -0.05) is 92.3 Å². The molecule has 1 aliphatic carbocycles. The van der Waals surface area contributed by atoms with Gasteiger partial charge >= 0.3 is 5.97 Å². The topological polar surface area (TPSA) is 35.5 Å². The molecule has 3 atom stereocenters. The van der Waals surface area contributed by atoms with E-state index in [1.807, 2.05) is 0 Å². The fourth-order valence-electron chi connectivity index (χ4n) is 5.52. The summed E-state index contributed by atoms with van der Waals surface area (Å²) in [6.07, 6.45) is 13.7. The van der Waals surface area contributed by atoms with Crippen molar-refractivity contribution in [3.05, 3.63) is 0 Å². The number of carbonyl (C=O) groups is 1. The van der Waals surface area contributed by atoms with Crippen LogP contribution in [0.15, 0.2) is 0 Å². The van der Waals surface area contributed by atoms with Gasteiger partial charge in [0.2, 0.25) is 0 Å². The number of hydrogen-bond donors (Lipinski definition) is 0. The Hall–Kier alpha value is -0.136. The molecule has 2 fully saturated rings. The van der Waals surface area contributed by atoms with Crippen LogP contribution in [0.2, 0.25) is 42.8 Å². The molecule has 0 unspecified atom stereocenters. The molecule has 2 rings (SSSR count). The Kier molecular flexibility index (Phi) is 9.11. The first-order chi connectivity index (χ1) is 14.3. The fraction of sp³-hybridized carbons (Fsp3) is 0.962. The monoisotopic (exact) mass is 468 g/mol. The Morgan fingerprint density at radius 1 is 1.03 bits per heavy atom. The van der Waals surface area contributed by atoms with Gasteiger partial charge in [-0.3, -0.25) is 4.79 Å². The quantitative estimate of drug-likeness (QED) is 0.174. The van der Waals surface area contributed by atoms with E-state index in [0.29, 0.717) is 5.92 Å². The molecule has 0 bridgehead atoms. The lowest BCUT2D eigenvalue weighted by Gasteiger charge is -2.55. The van der Waals surface area contributed by atoms with Crippen molar-refractivity contribution in [2.75, 3.05) is 0 Å². The largest absolute Gasteiger partial charge is 0.461 e. The first kappa shape index (κ1) is 27.1. The van der Waals surface area contributed by atoms with Gasteiger partial charge in [-0.05, 0) is 43.3 Å². The zero-order chi connectivity index (χ0) is 23.5. The second-order valence-corrected chi connectivity index (χ2v) is 23.1. The van der Waals surface area contributed by atoms with Crippen LogP contribution in [-0.2, 0) is 14.0 Å². The van der Waals surface area contributed by atoms with Crippen LogP contribution >= 0.6 is 0 Å². The molecule has 2 aliphatic rings. The first-order valence-corrected chi connectivity index (χ1v) is 19.6. The Morgan fingerprint density at radius 2 is 1.65 bits per heavy atom. The molecule has 5 heteroatoms. The first-order valence-electron chi connectivity index (χ1n) is 13.1. The summed E-state index contributed by atoms with van der Waals surface area (Å²) in [5.74, 6) is 0.726. The fourth-order valence-corrected chi connectivity index (χ4v) is 9.66. The van der Waals surface area contributed by atoms with Gasteiger partial charge in [-0.25, -0.2) is 0 Å². The second kappa shape index (κ2) is 10.4. The lowest BCUT2D eigenvalue weighted by Crippen LogP contribution is -2.63. The lowest BCUT2D eigenvalue weighted by atomic mass is 9.79. The number of esters is 1. The maximum atomic E-state index is 13.1. The lowest BCUT2D eigenvalue weighted by molar-refractivity contribution is -0.187. The predicted octanol–water partition coefficient (Wildman–Crippen LogP) is 8.32. The van der Waals surface area contributed by atoms with Crippen molar-refractivity contribution in [3.63, 3.8) is 0 Å². The molecule has 1 aliphatic heterocycles. The van der Waals surface area contributed by atoms with Crippen molar-refractivity contribution < 1.29 is 14.0 Å². The Morgan fingerprint density at radius 3 is 2.13 bits per heavy atom. The summed E-state index contributed by atoms with van der Waals surface area (Å²) in [6, 6.07) is 0. The standard InChI is InChI=1S/C26H52O3Si2/c1-10-11-12-16-19-26(30(5,6)7)23(28-24(26)27)20-22(21-17-14-13-15-18-21)29-31(8,9)25(2,3)4/h21-23H,10-20H2,1-9H3/t22-,23-,26-/m0/s1. The normalized spacial score (nSPS) is 27.0. The number of rotatable bonds is 11. The molecule has 1 saturated heterocycles. The molecule has 0 amide bonds. The van der Waals surface area contributed by atoms with Crippen molar-refractivity contribution in [1.82, 2.24) is 0 Å². The molecule has 0 N–H and O–H groups in total. The minimum atomic E-state index is -1.88. The van der Waals surface area contributed by atoms with Crippen LogP contribution in [-0.4, -0.2) is 34.6 Å². The third-order valence-corrected chi connectivity index (χ3v) is 16.8. The van der Waals surface area contributed by atoms with E-state index in [-0.39, 0.29) is 28.3 Å². The van der Waals surface area contributed by atoms with Crippen LogP contribution in [0, 0.1) is 5.92 Å². The number of ether oxygens (including phenoxy) is 1. The van der Waals surface area contributed by atoms with Crippen molar-refractivity contribution >= 4 is 22.4 Å². The maximum Gasteiger partial charge on any atom is 0.313 e. The van der Waals surface area contributed by atoms with Gasteiger partial charge < -0.3 is 9.16 Å². The van der Waals surface area contributed by atoms with Crippen LogP contribution < -0.4 is 0 Å². The van der Waals surface area contributed by atoms with E-state index in [9.17, 15) is 4.79 Å². The molecule has 0 aromatic carbocycles. The minimum Gasteiger partial charge on any atom is -0.461 e. The van der Waals surface area contributed by atoms with Crippen LogP contribution in [0.3, 0.4) is 0 Å². The summed E-state index contributed by atoms with van der Waals surface area (Å²) < 4.78 is 13.1. The summed E-state index contributed by atoms with van der Waals surface area (Å²) in [5.41, 5.74) is 0. The summed E-state index contributed by atoms with van der Waals surface area (Å²) >= 11 is 0. The minimum absolute atomic E-state index is 0.0602. The molecule has 31 heavy (non-hydrogen) atoms. The summed E-state index contributed by atoms with van der Waals surface area (Å²) in [7, 11) is -3.62. The Labute approximate surface area is 195 Å². The highest BCUT2D eigenvalue weighted by Gasteiger charge is 2.64. The average molecular weight is 469 g/mol. The maximum absolute atomic E-state index is 13.1. The Bertz CT molecular complexity index is 584. The van der Waals surface area contributed by atoms with E-state index < -0.39 is 16.4 Å². The smallest absolute Gasteiger partial charge is 0.313 e. The molecule has 0 spiro atoms. The van der Waals surface area contributed by atoms with E-state index in [1.165, 1.54) is 51.4 Å². The molecule has 1 heterocycles. The van der Waals surface area contributed by atoms with Gasteiger partial charge in [-0.15, -0.1) is 0 Å². The van der Waals surface area contributed by atoms with Crippen LogP contribution in [0.1, 0.15) is 98.3 Å². The molecular weight excluding hydrogens is 416 g/mol. The Balaban J connectivity index is 2.25. The molecule has 0 aromatic heterocycles. The number of hydrogen-bond acceptors (Lipinski definition) is 3. The van der Waals surface area contributed by atoms with Gasteiger partial charge in [0.05, 0.1) is 19.2 Å². The molecule has 1 saturated carbocycles. The molecule has 0 radical (unpaired) electrons. The van der Waals surface area contributed by atoms with Crippen LogP contribution in [0.25, 0.3) is 0 Å². The summed E-state index contributed by atoms with van der Waals surface area (Å²) in [5, 5.41) is -0.0172. The van der Waals surface area contributed by atoms with Crippen molar-refractivity contribution in [2.45, 2.75) is 153 Å². The van der Waals surface area contributed by atoms with E-state index >= 15 is 0 Å². The number of cyclic esters (lactones) is 1.